The third kappa shape index (κ3) is 2.11. The van der Waals surface area contributed by atoms with Gasteiger partial charge >= 0.3 is 0 Å². The van der Waals surface area contributed by atoms with Crippen molar-refractivity contribution in [3.63, 3.8) is 0 Å². The first-order chi connectivity index (χ1) is 5.34. The Bertz CT molecular complexity index is 231. The van der Waals surface area contributed by atoms with Gasteiger partial charge in [0.2, 0.25) is 0 Å². The molecule has 1 aliphatic rings. The summed E-state index contributed by atoms with van der Waals surface area (Å²) in [4.78, 5) is 0. The minimum Gasteiger partial charge on any atom is -0.387 e. The molecule has 0 aromatic rings. The summed E-state index contributed by atoms with van der Waals surface area (Å²) in [5.41, 5.74) is 2.35. The molecule has 0 aromatic carbocycles. The van der Waals surface area contributed by atoms with Crippen LogP contribution < -0.4 is 5.32 Å². The SMILES string of the molecule is C=C1C=CNC/C1=C/C=C\C. The highest BCUT2D eigenvalue weighted by Crippen LogP contribution is 2.11. The van der Waals surface area contributed by atoms with Gasteiger partial charge in [-0.15, -0.1) is 0 Å². The molecule has 0 bridgehead atoms. The van der Waals surface area contributed by atoms with Crippen LogP contribution in [0.2, 0.25) is 0 Å². The van der Waals surface area contributed by atoms with Gasteiger partial charge in [-0.1, -0.05) is 24.8 Å². The third-order valence-corrected chi connectivity index (χ3v) is 1.60. The zero-order valence-electron chi connectivity index (χ0n) is 6.80. The number of rotatable bonds is 1. The van der Waals surface area contributed by atoms with Crippen molar-refractivity contribution < 1.29 is 0 Å². The summed E-state index contributed by atoms with van der Waals surface area (Å²) in [6.07, 6.45) is 10.0. The molecular weight excluding hydrogens is 134 g/mol. The summed E-state index contributed by atoms with van der Waals surface area (Å²) >= 11 is 0. The number of hydrogen-bond acceptors (Lipinski definition) is 1. The van der Waals surface area contributed by atoms with Gasteiger partial charge in [-0.3, -0.25) is 0 Å². The maximum atomic E-state index is 3.92. The van der Waals surface area contributed by atoms with Gasteiger partial charge in [0, 0.05) is 6.54 Å². The molecule has 0 radical (unpaired) electrons. The van der Waals surface area contributed by atoms with Crippen LogP contribution in [-0.4, -0.2) is 6.54 Å². The van der Waals surface area contributed by atoms with E-state index < -0.39 is 0 Å². The fourth-order valence-electron chi connectivity index (χ4n) is 0.927. The van der Waals surface area contributed by atoms with Crippen LogP contribution in [0.15, 0.2) is 48.2 Å². The van der Waals surface area contributed by atoms with E-state index in [0.29, 0.717) is 0 Å². The molecule has 0 atom stereocenters. The second-order valence-electron chi connectivity index (χ2n) is 2.46. The molecule has 0 amide bonds. The zero-order valence-corrected chi connectivity index (χ0v) is 6.80. The Labute approximate surface area is 67.8 Å². The monoisotopic (exact) mass is 147 g/mol. The molecule has 1 rings (SSSR count). The predicted molar refractivity (Wildman–Crippen MR) is 49.2 cm³/mol. The smallest absolute Gasteiger partial charge is 0.0401 e. The molecule has 0 saturated heterocycles. The lowest BCUT2D eigenvalue weighted by molar-refractivity contribution is 0.924. The van der Waals surface area contributed by atoms with Gasteiger partial charge in [0.15, 0.2) is 0 Å². The summed E-state index contributed by atoms with van der Waals surface area (Å²) < 4.78 is 0. The van der Waals surface area contributed by atoms with Gasteiger partial charge in [-0.25, -0.2) is 0 Å². The van der Waals surface area contributed by atoms with Crippen molar-refractivity contribution in [2.75, 3.05) is 6.54 Å². The van der Waals surface area contributed by atoms with E-state index in [4.69, 9.17) is 0 Å². The van der Waals surface area contributed by atoms with Crippen LogP contribution in [0.25, 0.3) is 0 Å². The van der Waals surface area contributed by atoms with Crippen molar-refractivity contribution in [2.45, 2.75) is 6.92 Å². The van der Waals surface area contributed by atoms with Crippen LogP contribution in [0.3, 0.4) is 0 Å². The summed E-state index contributed by atoms with van der Waals surface area (Å²) in [6, 6.07) is 0. The molecule has 58 valence electrons. The van der Waals surface area contributed by atoms with Crippen molar-refractivity contribution in [3.8, 4) is 0 Å². The van der Waals surface area contributed by atoms with E-state index in [1.54, 1.807) is 0 Å². The highest BCUT2D eigenvalue weighted by Gasteiger charge is 2.00. The van der Waals surface area contributed by atoms with Crippen LogP contribution in [0.4, 0.5) is 0 Å². The Kier molecular flexibility index (Phi) is 2.73. The first-order valence-corrected chi connectivity index (χ1v) is 3.75. The lowest BCUT2D eigenvalue weighted by Crippen LogP contribution is -2.14. The molecule has 0 saturated carbocycles. The summed E-state index contributed by atoms with van der Waals surface area (Å²) in [6.45, 7) is 6.81. The normalized spacial score (nSPS) is 21.2. The largest absolute Gasteiger partial charge is 0.387 e. The van der Waals surface area contributed by atoms with E-state index in [0.717, 1.165) is 12.1 Å². The maximum absolute atomic E-state index is 3.92. The van der Waals surface area contributed by atoms with E-state index >= 15 is 0 Å². The van der Waals surface area contributed by atoms with Gasteiger partial charge in [-0.2, -0.15) is 0 Å². The second-order valence-corrected chi connectivity index (χ2v) is 2.46. The fraction of sp³-hybridized carbons (Fsp3) is 0.200. The third-order valence-electron chi connectivity index (χ3n) is 1.60. The minimum absolute atomic E-state index is 0.889. The minimum atomic E-state index is 0.889. The molecule has 1 N–H and O–H groups in total. The first kappa shape index (κ1) is 7.86. The highest BCUT2D eigenvalue weighted by molar-refractivity contribution is 5.42. The van der Waals surface area contributed by atoms with Crippen LogP contribution in [0, 0.1) is 0 Å². The number of hydrogen-bond donors (Lipinski definition) is 1. The van der Waals surface area contributed by atoms with E-state index in [2.05, 4.69) is 18.0 Å². The van der Waals surface area contributed by atoms with Crippen LogP contribution in [0.5, 0.6) is 0 Å². The van der Waals surface area contributed by atoms with E-state index in [-0.39, 0.29) is 0 Å². The summed E-state index contributed by atoms with van der Waals surface area (Å²) in [7, 11) is 0. The first-order valence-electron chi connectivity index (χ1n) is 3.75. The molecular formula is C10H13N. The molecule has 11 heavy (non-hydrogen) atoms. The number of allylic oxidation sites excluding steroid dienone is 4. The predicted octanol–water partition coefficient (Wildman–Crippen LogP) is 2.16. The fourth-order valence-corrected chi connectivity index (χ4v) is 0.927. The molecule has 0 aliphatic carbocycles. The van der Waals surface area contributed by atoms with Crippen molar-refractivity contribution in [3.05, 3.63) is 48.2 Å². The van der Waals surface area contributed by atoms with Gasteiger partial charge in [-0.05, 0) is 30.3 Å². The lowest BCUT2D eigenvalue weighted by Gasteiger charge is -2.11. The highest BCUT2D eigenvalue weighted by atomic mass is 14.8. The topological polar surface area (TPSA) is 12.0 Å². The molecule has 0 unspecified atom stereocenters. The van der Waals surface area contributed by atoms with E-state index in [9.17, 15) is 0 Å². The maximum Gasteiger partial charge on any atom is 0.0401 e. The molecule has 1 aliphatic heterocycles. The Morgan fingerprint density at radius 1 is 1.64 bits per heavy atom. The van der Waals surface area contributed by atoms with Gasteiger partial charge in [0.05, 0.1) is 0 Å². The van der Waals surface area contributed by atoms with Crippen molar-refractivity contribution in [1.29, 1.82) is 0 Å². The van der Waals surface area contributed by atoms with Gasteiger partial charge < -0.3 is 5.32 Å². The molecule has 1 heteroatoms. The van der Waals surface area contributed by atoms with Crippen LogP contribution >= 0.6 is 0 Å². The molecule has 0 aromatic heterocycles. The molecule has 0 fully saturated rings. The van der Waals surface area contributed by atoms with Crippen LogP contribution in [0.1, 0.15) is 6.92 Å². The average molecular weight is 147 g/mol. The second kappa shape index (κ2) is 3.81. The zero-order chi connectivity index (χ0) is 8.10. The summed E-state index contributed by atoms with van der Waals surface area (Å²) in [5.74, 6) is 0. The lowest BCUT2D eigenvalue weighted by atomic mass is 10.1. The standard InChI is InChI=1S/C10H13N/c1-3-4-5-10-8-11-7-6-9(10)2/h3-7,11H,2,8H2,1H3/b4-3-,10-5-. The van der Waals surface area contributed by atoms with Gasteiger partial charge in [0.1, 0.15) is 0 Å². The van der Waals surface area contributed by atoms with Crippen molar-refractivity contribution in [1.82, 2.24) is 5.32 Å². The number of nitrogens with one attached hydrogen (secondary N) is 1. The Morgan fingerprint density at radius 3 is 3.09 bits per heavy atom. The summed E-state index contributed by atoms with van der Waals surface area (Å²) in [5, 5.41) is 3.13. The quantitative estimate of drug-likeness (QED) is 0.599. The average Bonchev–Trinajstić information content (AvgIpc) is 2.03. The van der Waals surface area contributed by atoms with Crippen LogP contribution in [-0.2, 0) is 0 Å². The van der Waals surface area contributed by atoms with Crippen molar-refractivity contribution in [2.24, 2.45) is 0 Å². The van der Waals surface area contributed by atoms with E-state index in [1.807, 2.05) is 31.4 Å². The van der Waals surface area contributed by atoms with Crippen molar-refractivity contribution >= 4 is 0 Å². The van der Waals surface area contributed by atoms with E-state index in [1.165, 1.54) is 5.57 Å². The Morgan fingerprint density at radius 2 is 2.45 bits per heavy atom. The molecule has 1 nitrogen and oxygen atoms in total. The Hall–Kier alpha value is -1.24. The van der Waals surface area contributed by atoms with Gasteiger partial charge in [0.25, 0.3) is 0 Å². The molecule has 0 spiro atoms. The Balaban J connectivity index is 2.72. The molecule has 1 heterocycles.